The van der Waals surface area contributed by atoms with Crippen LogP contribution in [0.25, 0.3) is 0 Å². The molecule has 0 rings (SSSR count). The van der Waals surface area contributed by atoms with Crippen molar-refractivity contribution in [1.29, 1.82) is 0 Å². The van der Waals surface area contributed by atoms with Crippen molar-refractivity contribution in [2.75, 3.05) is 39.6 Å². The molecule has 0 aromatic carbocycles. The fourth-order valence-electron chi connectivity index (χ4n) is 14.3. The Morgan fingerprint density at radius 2 is 0.436 bits per heavy atom. The second-order valence-electron chi connectivity index (χ2n) is 32.9. The number of aliphatic hydroxyl groups is 1. The Hall–Kier alpha value is -1.94. The van der Waals surface area contributed by atoms with Crippen LogP contribution in [0.4, 0.5) is 0 Å². The molecule has 0 fully saturated rings. The first-order valence-electron chi connectivity index (χ1n) is 47.2. The summed E-state index contributed by atoms with van der Waals surface area (Å²) in [6.45, 7) is 7.47. The number of unbranched alkanes of at least 4 members (excludes halogenated alkanes) is 62. The number of phosphoric ester groups is 2. The quantitative estimate of drug-likeness (QED) is 0.0222. The third-order valence-corrected chi connectivity index (χ3v) is 23.8. The third kappa shape index (κ3) is 82.6. The second-order valence-corrected chi connectivity index (χ2v) is 35.8. The molecular weight excluding hydrogens is 1430 g/mol. The fourth-order valence-corrected chi connectivity index (χ4v) is 15.9. The molecule has 0 radical (unpaired) electrons. The summed E-state index contributed by atoms with van der Waals surface area (Å²) in [4.78, 5) is 73.4. The Morgan fingerprint density at radius 1 is 0.255 bits per heavy atom. The van der Waals surface area contributed by atoms with Crippen LogP contribution in [-0.2, 0) is 65.4 Å². The molecule has 0 amide bonds. The Labute approximate surface area is 677 Å². The Morgan fingerprint density at radius 3 is 0.645 bits per heavy atom. The normalized spacial score (nSPS) is 13.9. The highest BCUT2D eigenvalue weighted by molar-refractivity contribution is 7.47. The smallest absolute Gasteiger partial charge is 0.462 e. The van der Waals surface area contributed by atoms with Gasteiger partial charge in [-0.25, -0.2) is 9.13 Å². The van der Waals surface area contributed by atoms with E-state index < -0.39 is 97.5 Å². The van der Waals surface area contributed by atoms with E-state index in [-0.39, 0.29) is 25.7 Å². The van der Waals surface area contributed by atoms with Crippen LogP contribution in [0.5, 0.6) is 0 Å². The summed E-state index contributed by atoms with van der Waals surface area (Å²) in [7, 11) is -9.93. The van der Waals surface area contributed by atoms with Crippen molar-refractivity contribution < 1.29 is 80.2 Å². The lowest BCUT2D eigenvalue weighted by Crippen LogP contribution is -2.30. The monoisotopic (exact) mass is 1610 g/mol. The Bertz CT molecular complexity index is 2080. The van der Waals surface area contributed by atoms with E-state index in [1.54, 1.807) is 0 Å². The molecule has 0 aliphatic carbocycles. The molecule has 0 aliphatic rings. The summed E-state index contributed by atoms with van der Waals surface area (Å²) in [5, 5.41) is 10.7. The molecule has 19 heteroatoms. The zero-order valence-electron chi connectivity index (χ0n) is 72.4. The van der Waals surface area contributed by atoms with Crippen LogP contribution >= 0.6 is 15.6 Å². The van der Waals surface area contributed by atoms with Crippen LogP contribution in [0.15, 0.2) is 0 Å². The maximum atomic E-state index is 13.2. The van der Waals surface area contributed by atoms with Gasteiger partial charge in [0.05, 0.1) is 26.4 Å². The number of hydrogen-bond acceptors (Lipinski definition) is 15. The molecule has 0 saturated heterocycles. The lowest BCUT2D eigenvalue weighted by Gasteiger charge is -2.21. The minimum atomic E-state index is -4.97. The summed E-state index contributed by atoms with van der Waals surface area (Å²) in [6, 6.07) is 0. The summed E-state index contributed by atoms with van der Waals surface area (Å²) in [5.74, 6) is -1.22. The van der Waals surface area contributed by atoms with Crippen molar-refractivity contribution in [3.05, 3.63) is 0 Å². The van der Waals surface area contributed by atoms with Gasteiger partial charge in [0.15, 0.2) is 12.2 Å². The predicted octanol–water partition coefficient (Wildman–Crippen LogP) is 28.3. The van der Waals surface area contributed by atoms with Gasteiger partial charge in [-0.2, -0.15) is 0 Å². The lowest BCUT2D eigenvalue weighted by atomic mass is 9.99. The van der Waals surface area contributed by atoms with E-state index in [9.17, 15) is 43.2 Å². The maximum Gasteiger partial charge on any atom is 0.472 e. The van der Waals surface area contributed by atoms with E-state index in [4.69, 9.17) is 37.0 Å². The van der Waals surface area contributed by atoms with Crippen LogP contribution in [0.3, 0.4) is 0 Å². The van der Waals surface area contributed by atoms with E-state index in [1.807, 2.05) is 0 Å². The standard InChI is InChI=1S/C91H178O17P2/c1-6-10-13-16-19-22-25-28-30-31-32-33-34-38-41-46-50-55-60-65-70-75-89(94)102-81-87(108-91(96)77-72-67-62-57-52-47-42-39-36-35-37-40-44-48-53-58-63-68-73-84(5)9-4)83-106-110(99,100)104-79-85(92)78-103-109(97,98)105-82-86(80-101-88(93)74-69-64-59-54-49-43-27-24-21-18-15-12-8-3)107-90(95)76-71-66-61-56-51-45-29-26-23-20-17-14-11-7-2/h84-87,92H,6-83H2,1-5H3,(H,97,98)(H,99,100)/t84?,85-,86+,87+/m0/s1. The van der Waals surface area contributed by atoms with E-state index in [0.717, 1.165) is 95.8 Å². The third-order valence-electron chi connectivity index (χ3n) is 21.9. The number of hydrogen-bond donors (Lipinski definition) is 3. The lowest BCUT2D eigenvalue weighted by molar-refractivity contribution is -0.161. The minimum Gasteiger partial charge on any atom is -0.462 e. The Kier molecular flexibility index (Phi) is 82.1. The van der Waals surface area contributed by atoms with E-state index in [1.165, 1.54) is 321 Å². The molecule has 0 aliphatic heterocycles. The molecule has 0 saturated carbocycles. The van der Waals surface area contributed by atoms with Gasteiger partial charge in [-0.1, -0.05) is 446 Å². The molecule has 110 heavy (non-hydrogen) atoms. The van der Waals surface area contributed by atoms with Gasteiger partial charge in [-0.05, 0) is 31.6 Å². The topological polar surface area (TPSA) is 237 Å². The highest BCUT2D eigenvalue weighted by Crippen LogP contribution is 2.45. The van der Waals surface area contributed by atoms with E-state index in [2.05, 4.69) is 34.6 Å². The molecule has 0 heterocycles. The summed E-state index contributed by atoms with van der Waals surface area (Å²) in [6.07, 6.45) is 79.1. The van der Waals surface area contributed by atoms with Crippen molar-refractivity contribution in [3.8, 4) is 0 Å². The van der Waals surface area contributed by atoms with Crippen molar-refractivity contribution >= 4 is 39.5 Å². The van der Waals surface area contributed by atoms with Crippen LogP contribution in [0, 0.1) is 5.92 Å². The molecule has 17 nitrogen and oxygen atoms in total. The average Bonchev–Trinajstić information content (AvgIpc) is 0.900. The zero-order chi connectivity index (χ0) is 80.4. The van der Waals surface area contributed by atoms with Gasteiger partial charge in [0.1, 0.15) is 19.3 Å². The summed E-state index contributed by atoms with van der Waals surface area (Å²) < 4.78 is 69.1. The number of rotatable bonds is 91. The van der Waals surface area contributed by atoms with Gasteiger partial charge < -0.3 is 33.8 Å². The minimum absolute atomic E-state index is 0.109. The van der Waals surface area contributed by atoms with Gasteiger partial charge >= 0.3 is 39.5 Å². The van der Waals surface area contributed by atoms with Gasteiger partial charge in [0, 0.05) is 25.7 Å². The summed E-state index contributed by atoms with van der Waals surface area (Å²) in [5.41, 5.74) is 0. The largest absolute Gasteiger partial charge is 0.472 e. The predicted molar refractivity (Wildman–Crippen MR) is 455 cm³/mol. The average molecular weight is 1610 g/mol. The fraction of sp³-hybridized carbons (Fsp3) is 0.956. The molecule has 0 aromatic heterocycles. The number of carbonyl (C=O) groups is 4. The van der Waals surface area contributed by atoms with Crippen molar-refractivity contribution in [1.82, 2.24) is 0 Å². The second kappa shape index (κ2) is 83.5. The first-order valence-corrected chi connectivity index (χ1v) is 50.2. The number of aliphatic hydroxyl groups excluding tert-OH is 1. The number of phosphoric acid groups is 2. The first kappa shape index (κ1) is 108. The molecule has 654 valence electrons. The maximum absolute atomic E-state index is 13.2. The zero-order valence-corrected chi connectivity index (χ0v) is 74.2. The number of ether oxygens (including phenoxy) is 4. The Balaban J connectivity index is 5.23. The van der Waals surface area contributed by atoms with E-state index in [0.29, 0.717) is 25.7 Å². The molecule has 0 spiro atoms. The molecule has 0 aromatic rings. The van der Waals surface area contributed by atoms with E-state index >= 15 is 0 Å². The SMILES string of the molecule is CCCCCCCCCCCCCCCCCCCCCCCC(=O)OC[C@H](COP(=O)(O)OC[C@@H](O)COP(=O)(O)OC[C@@H](COC(=O)CCCCCCCCCCCCCCC)OC(=O)CCCCCCCCCCCCCCCC)OC(=O)CCCCCCCCCCCCCCCCCCCCC(C)CC. The van der Waals surface area contributed by atoms with Gasteiger partial charge in [0.2, 0.25) is 0 Å². The van der Waals surface area contributed by atoms with Crippen LogP contribution < -0.4 is 0 Å². The first-order chi connectivity index (χ1) is 53.6. The van der Waals surface area contributed by atoms with Gasteiger partial charge in [-0.3, -0.25) is 37.3 Å². The van der Waals surface area contributed by atoms with Crippen molar-refractivity contribution in [2.45, 2.75) is 515 Å². The molecule has 3 unspecified atom stereocenters. The van der Waals surface area contributed by atoms with Gasteiger partial charge in [0.25, 0.3) is 0 Å². The highest BCUT2D eigenvalue weighted by Gasteiger charge is 2.31. The molecule has 0 bridgehead atoms. The number of esters is 4. The van der Waals surface area contributed by atoms with Gasteiger partial charge in [-0.15, -0.1) is 0 Å². The molecule has 6 atom stereocenters. The highest BCUT2D eigenvalue weighted by atomic mass is 31.2. The van der Waals surface area contributed by atoms with Crippen LogP contribution in [0.1, 0.15) is 497 Å². The molecule has 3 N–H and O–H groups in total. The van der Waals surface area contributed by atoms with Crippen molar-refractivity contribution in [2.24, 2.45) is 5.92 Å². The van der Waals surface area contributed by atoms with Crippen LogP contribution in [-0.4, -0.2) is 96.7 Å². The van der Waals surface area contributed by atoms with Crippen LogP contribution in [0.2, 0.25) is 0 Å². The van der Waals surface area contributed by atoms with Crippen molar-refractivity contribution in [3.63, 3.8) is 0 Å². The molecular formula is C91H178O17P2. The number of carbonyl (C=O) groups excluding carboxylic acids is 4. The summed E-state index contributed by atoms with van der Waals surface area (Å²) >= 11 is 0.